The molecule has 3 heteroatoms. The first-order valence-corrected chi connectivity index (χ1v) is 5.16. The lowest BCUT2D eigenvalue weighted by Gasteiger charge is -1.97. The molecule has 0 spiro atoms. The fourth-order valence-corrected chi connectivity index (χ4v) is 1.30. The molecule has 1 nitrogen and oxygen atoms in total. The van der Waals surface area contributed by atoms with Gasteiger partial charge in [-0.05, 0) is 18.2 Å². The second-order valence-electron chi connectivity index (χ2n) is 2.47. The summed E-state index contributed by atoms with van der Waals surface area (Å²) in [6.07, 6.45) is 0.688. The third-order valence-electron chi connectivity index (χ3n) is 1.46. The van der Waals surface area contributed by atoms with Crippen molar-refractivity contribution in [3.05, 3.63) is 28.2 Å². The summed E-state index contributed by atoms with van der Waals surface area (Å²) in [5, 5.41) is 0. The smallest absolute Gasteiger partial charge is 0.0486 e. The van der Waals surface area contributed by atoms with Crippen LogP contribution in [0.3, 0.4) is 0 Å². The van der Waals surface area contributed by atoms with Crippen LogP contribution in [0, 0.1) is 11.8 Å². The van der Waals surface area contributed by atoms with Crippen LogP contribution in [-0.2, 0) is 0 Å². The van der Waals surface area contributed by atoms with Crippen LogP contribution in [0.4, 0.5) is 5.69 Å². The highest BCUT2D eigenvalue weighted by molar-refractivity contribution is 9.10. The van der Waals surface area contributed by atoms with Crippen LogP contribution in [0.1, 0.15) is 12.0 Å². The largest absolute Gasteiger partial charge is 0.398 e. The summed E-state index contributed by atoms with van der Waals surface area (Å²) in [5.41, 5.74) is 7.26. The Kier molecular flexibility index (Phi) is 4.14. The summed E-state index contributed by atoms with van der Waals surface area (Å²) in [4.78, 5) is 0. The van der Waals surface area contributed by atoms with E-state index in [2.05, 4.69) is 27.8 Å². The van der Waals surface area contributed by atoms with E-state index >= 15 is 0 Å². The number of rotatable bonds is 1. The second-order valence-corrected chi connectivity index (χ2v) is 3.77. The van der Waals surface area contributed by atoms with Gasteiger partial charge >= 0.3 is 0 Å². The number of nitrogen functional groups attached to an aromatic ring is 1. The van der Waals surface area contributed by atoms with Gasteiger partial charge in [0.25, 0.3) is 0 Å². The van der Waals surface area contributed by atoms with Gasteiger partial charge in [-0.3, -0.25) is 0 Å². The second kappa shape index (κ2) is 5.16. The summed E-state index contributed by atoms with van der Waals surface area (Å²) in [6.45, 7) is 0. The predicted molar refractivity (Wildman–Crippen MR) is 60.8 cm³/mol. The number of hydrogen-bond acceptors (Lipinski definition) is 1. The Bertz CT molecular complexity index is 352. The molecule has 0 unspecified atom stereocenters. The molecule has 0 atom stereocenters. The van der Waals surface area contributed by atoms with Crippen LogP contribution >= 0.6 is 27.5 Å². The molecule has 13 heavy (non-hydrogen) atoms. The van der Waals surface area contributed by atoms with Crippen LogP contribution in [0.5, 0.6) is 0 Å². The van der Waals surface area contributed by atoms with Crippen molar-refractivity contribution >= 4 is 33.2 Å². The van der Waals surface area contributed by atoms with E-state index in [9.17, 15) is 0 Å². The average molecular weight is 259 g/mol. The zero-order valence-corrected chi connectivity index (χ0v) is 9.32. The molecule has 1 rings (SSSR count). The van der Waals surface area contributed by atoms with Gasteiger partial charge in [0.15, 0.2) is 0 Å². The van der Waals surface area contributed by atoms with Crippen molar-refractivity contribution in [2.45, 2.75) is 6.42 Å². The minimum Gasteiger partial charge on any atom is -0.398 e. The van der Waals surface area contributed by atoms with Crippen molar-refractivity contribution in [1.29, 1.82) is 0 Å². The van der Waals surface area contributed by atoms with Gasteiger partial charge in [0.2, 0.25) is 0 Å². The number of anilines is 1. The molecule has 0 saturated heterocycles. The summed E-state index contributed by atoms with van der Waals surface area (Å²) in [7, 11) is 0. The summed E-state index contributed by atoms with van der Waals surface area (Å²) >= 11 is 8.85. The van der Waals surface area contributed by atoms with Crippen LogP contribution in [0.15, 0.2) is 22.7 Å². The van der Waals surface area contributed by atoms with Crippen LogP contribution in [0.2, 0.25) is 0 Å². The van der Waals surface area contributed by atoms with Crippen molar-refractivity contribution in [3.8, 4) is 11.8 Å². The van der Waals surface area contributed by atoms with Crippen molar-refractivity contribution in [2.24, 2.45) is 0 Å². The molecule has 0 bridgehead atoms. The first-order chi connectivity index (χ1) is 6.24. The van der Waals surface area contributed by atoms with Crippen molar-refractivity contribution in [3.63, 3.8) is 0 Å². The molecule has 1 aromatic rings. The first kappa shape index (κ1) is 10.4. The van der Waals surface area contributed by atoms with Gasteiger partial charge in [0, 0.05) is 28.0 Å². The number of alkyl halides is 1. The quantitative estimate of drug-likeness (QED) is 0.468. The highest BCUT2D eigenvalue weighted by atomic mass is 79.9. The lowest BCUT2D eigenvalue weighted by atomic mass is 10.2. The Morgan fingerprint density at radius 2 is 2.23 bits per heavy atom. The number of nitrogens with two attached hydrogens (primary N) is 1. The minimum absolute atomic E-state index is 0.556. The third kappa shape index (κ3) is 3.30. The van der Waals surface area contributed by atoms with Gasteiger partial charge < -0.3 is 5.73 Å². The van der Waals surface area contributed by atoms with E-state index in [0.29, 0.717) is 18.0 Å². The standard InChI is InChI=1S/C10H9BrClN/c11-9-4-5-10(13)8(7-9)3-1-2-6-12/h4-5,7H,2,6,13H2. The SMILES string of the molecule is Nc1ccc(Br)cc1C#CCCCl. The fraction of sp³-hybridized carbons (Fsp3) is 0.200. The minimum atomic E-state index is 0.556. The Balaban J connectivity index is 2.89. The molecule has 0 saturated carbocycles. The topological polar surface area (TPSA) is 26.0 Å². The molecule has 0 fully saturated rings. The lowest BCUT2D eigenvalue weighted by molar-refractivity contribution is 1.29. The molecule has 0 heterocycles. The van der Waals surface area contributed by atoms with E-state index in [0.717, 1.165) is 10.0 Å². The van der Waals surface area contributed by atoms with Gasteiger partial charge in [-0.2, -0.15) is 0 Å². The molecule has 0 aliphatic carbocycles. The lowest BCUT2D eigenvalue weighted by Crippen LogP contribution is -1.89. The molecule has 68 valence electrons. The normalized spacial score (nSPS) is 9.08. The van der Waals surface area contributed by atoms with E-state index in [1.54, 1.807) is 0 Å². The van der Waals surface area contributed by atoms with Gasteiger partial charge in [-0.15, -0.1) is 11.6 Å². The van der Waals surface area contributed by atoms with Gasteiger partial charge in [-0.1, -0.05) is 27.8 Å². The molecular weight excluding hydrogens is 249 g/mol. The average Bonchev–Trinajstić information content (AvgIpc) is 2.11. The highest BCUT2D eigenvalue weighted by Gasteiger charge is 1.94. The zero-order chi connectivity index (χ0) is 9.68. The third-order valence-corrected chi connectivity index (χ3v) is 2.14. The molecule has 1 aromatic carbocycles. The molecule has 0 aliphatic rings. The van der Waals surface area contributed by atoms with Crippen molar-refractivity contribution in [1.82, 2.24) is 0 Å². The van der Waals surface area contributed by atoms with E-state index in [-0.39, 0.29) is 0 Å². The maximum Gasteiger partial charge on any atom is 0.0486 e. The molecule has 0 amide bonds. The maximum atomic E-state index is 5.72. The summed E-state index contributed by atoms with van der Waals surface area (Å²) < 4.78 is 0.983. The molecule has 0 aromatic heterocycles. The summed E-state index contributed by atoms with van der Waals surface area (Å²) in [6, 6.07) is 5.62. The number of hydrogen-bond donors (Lipinski definition) is 1. The Hall–Kier alpha value is -0.650. The molecule has 0 aliphatic heterocycles. The zero-order valence-electron chi connectivity index (χ0n) is 6.98. The van der Waals surface area contributed by atoms with Crippen LogP contribution in [-0.4, -0.2) is 5.88 Å². The van der Waals surface area contributed by atoms with E-state index in [4.69, 9.17) is 17.3 Å². The van der Waals surface area contributed by atoms with Gasteiger partial charge in [-0.25, -0.2) is 0 Å². The van der Waals surface area contributed by atoms with Crippen LogP contribution in [0.25, 0.3) is 0 Å². The first-order valence-electron chi connectivity index (χ1n) is 3.84. The molecule has 2 N–H and O–H groups in total. The molecule has 0 radical (unpaired) electrons. The number of halogens is 2. The maximum absolute atomic E-state index is 5.72. The van der Waals surface area contributed by atoms with Crippen LogP contribution < -0.4 is 5.73 Å². The van der Waals surface area contributed by atoms with Gasteiger partial charge in [0.05, 0.1) is 0 Å². The monoisotopic (exact) mass is 257 g/mol. The Morgan fingerprint density at radius 3 is 2.92 bits per heavy atom. The predicted octanol–water partition coefficient (Wildman–Crippen LogP) is 3.01. The summed E-state index contributed by atoms with van der Waals surface area (Å²) in [5.74, 6) is 6.46. The molecular formula is C10H9BrClN. The highest BCUT2D eigenvalue weighted by Crippen LogP contribution is 2.17. The Labute approximate surface area is 91.4 Å². The van der Waals surface area contributed by atoms with E-state index in [1.807, 2.05) is 18.2 Å². The number of benzene rings is 1. The Morgan fingerprint density at radius 1 is 1.46 bits per heavy atom. The van der Waals surface area contributed by atoms with Gasteiger partial charge in [0.1, 0.15) is 0 Å². The van der Waals surface area contributed by atoms with E-state index < -0.39 is 0 Å². The van der Waals surface area contributed by atoms with E-state index in [1.165, 1.54) is 0 Å². The van der Waals surface area contributed by atoms with Crippen molar-refractivity contribution < 1.29 is 0 Å². The fourth-order valence-electron chi connectivity index (χ4n) is 0.842. The van der Waals surface area contributed by atoms with Crippen molar-refractivity contribution in [2.75, 3.05) is 11.6 Å².